The van der Waals surface area contributed by atoms with E-state index >= 15 is 0 Å². The molecule has 3 rings (SSSR count). The first-order valence-corrected chi connectivity index (χ1v) is 8.72. The van der Waals surface area contributed by atoms with Gasteiger partial charge >= 0.3 is 0 Å². The monoisotopic (exact) mass is 402 g/mol. The van der Waals surface area contributed by atoms with Crippen LogP contribution in [0.2, 0.25) is 5.02 Å². The van der Waals surface area contributed by atoms with Gasteiger partial charge < -0.3 is 10.6 Å². The van der Waals surface area contributed by atoms with E-state index in [-0.39, 0.29) is 24.9 Å². The van der Waals surface area contributed by atoms with Crippen LogP contribution in [-0.4, -0.2) is 27.9 Å². The zero-order valence-electron chi connectivity index (χ0n) is 14.6. The van der Waals surface area contributed by atoms with E-state index in [9.17, 15) is 18.8 Å². The lowest BCUT2D eigenvalue weighted by atomic mass is 10.2. The maximum absolute atomic E-state index is 13.2. The average Bonchev–Trinajstić information content (AvgIpc) is 2.66. The van der Waals surface area contributed by atoms with Gasteiger partial charge in [-0.3, -0.25) is 19.0 Å². The molecule has 9 heteroatoms. The van der Waals surface area contributed by atoms with Crippen LogP contribution >= 0.6 is 11.6 Å². The number of fused-ring (bicyclic) bond motifs is 1. The molecule has 2 N–H and O–H groups in total. The normalized spacial score (nSPS) is 10.8. The molecule has 0 saturated carbocycles. The molecular weight excluding hydrogens is 387 g/mol. The molecule has 0 fully saturated rings. The van der Waals surface area contributed by atoms with Gasteiger partial charge in [-0.15, -0.1) is 0 Å². The third-order valence-corrected chi connectivity index (χ3v) is 4.35. The second-order valence-corrected chi connectivity index (χ2v) is 6.51. The van der Waals surface area contributed by atoms with Crippen LogP contribution in [0.5, 0.6) is 0 Å². The van der Waals surface area contributed by atoms with Crippen LogP contribution in [0.4, 0.5) is 10.1 Å². The summed E-state index contributed by atoms with van der Waals surface area (Å²) < 4.78 is 14.4. The lowest BCUT2D eigenvalue weighted by Crippen LogP contribution is -2.38. The van der Waals surface area contributed by atoms with Crippen molar-refractivity contribution >= 4 is 40.0 Å². The molecule has 28 heavy (non-hydrogen) atoms. The lowest BCUT2D eigenvalue weighted by Gasteiger charge is -2.23. The number of hydrogen-bond acceptors (Lipinski definition) is 4. The molecule has 0 aliphatic rings. The fraction of sp³-hybridized carbons (Fsp3) is 0.158. The number of nitrogens with zero attached hydrogens (tertiary/aromatic N) is 3. The van der Waals surface area contributed by atoms with E-state index in [1.54, 1.807) is 12.1 Å². The Morgan fingerprint density at radius 1 is 1.18 bits per heavy atom. The molecule has 1 aromatic heterocycles. The van der Waals surface area contributed by atoms with Gasteiger partial charge in [-0.2, -0.15) is 0 Å². The molecule has 0 unspecified atom stereocenters. The average molecular weight is 403 g/mol. The largest absolute Gasteiger partial charge is 0.370 e. The minimum absolute atomic E-state index is 0.00138. The summed E-state index contributed by atoms with van der Waals surface area (Å²) in [4.78, 5) is 42.1. The predicted octanol–water partition coefficient (Wildman–Crippen LogP) is 2.10. The van der Waals surface area contributed by atoms with Crippen LogP contribution in [0.15, 0.2) is 53.6 Å². The molecule has 0 atom stereocenters. The molecule has 2 amide bonds. The number of primary amides is 1. The summed E-state index contributed by atoms with van der Waals surface area (Å²) in [5.74, 6) is -1.52. The second-order valence-electron chi connectivity index (χ2n) is 6.08. The quantitative estimate of drug-likeness (QED) is 0.682. The molecule has 3 aromatic rings. The number of benzene rings is 2. The molecule has 0 saturated heterocycles. The number of hydrogen-bond donors (Lipinski definition) is 1. The number of halogens is 2. The van der Waals surface area contributed by atoms with Crippen LogP contribution in [0.25, 0.3) is 10.9 Å². The number of amides is 2. The Hall–Kier alpha value is -3.26. The number of carbonyl (C=O) groups is 2. The minimum Gasteiger partial charge on any atom is -0.370 e. The van der Waals surface area contributed by atoms with Gasteiger partial charge in [0.1, 0.15) is 12.4 Å². The number of rotatable bonds is 6. The number of aromatic nitrogens is 2. The van der Waals surface area contributed by atoms with Gasteiger partial charge in [0, 0.05) is 23.7 Å². The fourth-order valence-corrected chi connectivity index (χ4v) is 2.89. The van der Waals surface area contributed by atoms with E-state index in [1.165, 1.54) is 41.6 Å². The Morgan fingerprint density at radius 2 is 1.89 bits per heavy atom. The van der Waals surface area contributed by atoms with Gasteiger partial charge in [-0.05, 0) is 42.5 Å². The van der Waals surface area contributed by atoms with Crippen molar-refractivity contribution in [2.75, 3.05) is 11.4 Å². The molecule has 7 nitrogen and oxygen atoms in total. The van der Waals surface area contributed by atoms with Crippen LogP contribution in [0.1, 0.15) is 6.42 Å². The summed E-state index contributed by atoms with van der Waals surface area (Å²) in [5, 5.41) is 0.665. The Morgan fingerprint density at radius 3 is 2.57 bits per heavy atom. The van der Waals surface area contributed by atoms with Gasteiger partial charge in [-0.25, -0.2) is 9.37 Å². The van der Waals surface area contributed by atoms with Crippen molar-refractivity contribution in [1.82, 2.24) is 9.55 Å². The van der Waals surface area contributed by atoms with E-state index in [0.29, 0.717) is 16.2 Å². The van der Waals surface area contributed by atoms with Crippen molar-refractivity contribution < 1.29 is 14.0 Å². The van der Waals surface area contributed by atoms with Gasteiger partial charge in [0.15, 0.2) is 0 Å². The topological polar surface area (TPSA) is 98.3 Å². The van der Waals surface area contributed by atoms with Crippen LogP contribution in [0, 0.1) is 5.82 Å². The Balaban J connectivity index is 1.92. The first-order chi connectivity index (χ1) is 13.3. The van der Waals surface area contributed by atoms with Crippen molar-refractivity contribution in [2.24, 2.45) is 5.73 Å². The Labute approximate surface area is 164 Å². The highest BCUT2D eigenvalue weighted by molar-refractivity contribution is 6.31. The molecule has 2 aromatic carbocycles. The van der Waals surface area contributed by atoms with E-state index in [4.69, 9.17) is 17.3 Å². The maximum Gasteiger partial charge on any atom is 0.261 e. The highest BCUT2D eigenvalue weighted by Crippen LogP contribution is 2.17. The van der Waals surface area contributed by atoms with Gasteiger partial charge in [0.25, 0.3) is 5.56 Å². The van der Waals surface area contributed by atoms with E-state index in [0.717, 1.165) is 4.57 Å². The minimum atomic E-state index is -0.584. The fourth-order valence-electron chi connectivity index (χ4n) is 2.72. The summed E-state index contributed by atoms with van der Waals surface area (Å²) in [5.41, 5.74) is 5.61. The van der Waals surface area contributed by atoms with Crippen molar-refractivity contribution in [3.63, 3.8) is 0 Å². The highest BCUT2D eigenvalue weighted by atomic mass is 35.5. The standard InChI is InChI=1S/C19H16ClFN4O3/c20-12-1-6-16-15(9-12)19(28)24(11-23-16)10-18(27)25(8-7-17(22)26)14-4-2-13(21)3-5-14/h1-6,9,11H,7-8,10H2,(H2,22,26). The van der Waals surface area contributed by atoms with Crippen LogP contribution in [0.3, 0.4) is 0 Å². The third-order valence-electron chi connectivity index (χ3n) is 4.11. The van der Waals surface area contributed by atoms with Crippen molar-refractivity contribution in [2.45, 2.75) is 13.0 Å². The predicted molar refractivity (Wildman–Crippen MR) is 104 cm³/mol. The highest BCUT2D eigenvalue weighted by Gasteiger charge is 2.18. The molecular formula is C19H16ClFN4O3. The SMILES string of the molecule is NC(=O)CCN(C(=O)Cn1cnc2ccc(Cl)cc2c1=O)c1ccc(F)cc1. The molecule has 144 valence electrons. The zero-order valence-corrected chi connectivity index (χ0v) is 15.4. The van der Waals surface area contributed by atoms with Gasteiger partial charge in [0.05, 0.1) is 17.2 Å². The van der Waals surface area contributed by atoms with Crippen molar-refractivity contribution in [3.05, 3.63) is 70.0 Å². The Bertz CT molecular complexity index is 1100. The number of anilines is 1. The first kappa shape index (κ1) is 19.5. The van der Waals surface area contributed by atoms with Crippen LogP contribution < -0.4 is 16.2 Å². The third kappa shape index (κ3) is 4.34. The Kier molecular flexibility index (Phi) is 5.70. The van der Waals surface area contributed by atoms with Crippen molar-refractivity contribution in [1.29, 1.82) is 0 Å². The maximum atomic E-state index is 13.2. The summed E-state index contributed by atoms with van der Waals surface area (Å²) in [7, 11) is 0. The van der Waals surface area contributed by atoms with Crippen molar-refractivity contribution in [3.8, 4) is 0 Å². The first-order valence-electron chi connectivity index (χ1n) is 8.34. The van der Waals surface area contributed by atoms with Crippen LogP contribution in [-0.2, 0) is 16.1 Å². The van der Waals surface area contributed by atoms with E-state index < -0.39 is 23.2 Å². The van der Waals surface area contributed by atoms with E-state index in [2.05, 4.69) is 4.98 Å². The molecule has 0 aliphatic heterocycles. The second kappa shape index (κ2) is 8.18. The van der Waals surface area contributed by atoms with E-state index in [1.807, 2.05) is 0 Å². The molecule has 0 spiro atoms. The molecule has 0 aliphatic carbocycles. The van der Waals surface area contributed by atoms with Gasteiger partial charge in [-0.1, -0.05) is 11.6 Å². The summed E-state index contributed by atoms with van der Waals surface area (Å²) in [6, 6.07) is 9.94. The van der Waals surface area contributed by atoms with Gasteiger partial charge in [0.2, 0.25) is 11.8 Å². The smallest absolute Gasteiger partial charge is 0.261 e. The summed E-state index contributed by atoms with van der Waals surface area (Å²) in [6.07, 6.45) is 1.19. The number of carbonyl (C=O) groups excluding carboxylic acids is 2. The summed E-state index contributed by atoms with van der Waals surface area (Å²) in [6.45, 7) is -0.314. The molecule has 0 radical (unpaired) electrons. The number of nitrogens with two attached hydrogens (primary N) is 1. The lowest BCUT2D eigenvalue weighted by molar-refractivity contribution is -0.119. The zero-order chi connectivity index (χ0) is 20.3. The molecule has 1 heterocycles. The molecule has 0 bridgehead atoms. The summed E-state index contributed by atoms with van der Waals surface area (Å²) >= 11 is 5.94.